The number of carbonyl (C=O) groups excluding carboxylic acids is 1. The molecule has 0 atom stereocenters. The molecular formula is C22H15NO3. The van der Waals surface area contributed by atoms with Crippen molar-refractivity contribution in [3.05, 3.63) is 110 Å². The minimum atomic E-state index is -0.371. The number of carbonyl (C=O) groups is 1. The Labute approximate surface area is 150 Å². The van der Waals surface area contributed by atoms with Crippen LogP contribution in [0.3, 0.4) is 0 Å². The summed E-state index contributed by atoms with van der Waals surface area (Å²) in [5.74, 6) is 0.00300. The lowest BCUT2D eigenvalue weighted by Gasteiger charge is -2.21. The van der Waals surface area contributed by atoms with Gasteiger partial charge in [-0.05, 0) is 35.3 Å². The van der Waals surface area contributed by atoms with Gasteiger partial charge >= 0.3 is 0 Å². The minimum Gasteiger partial charge on any atom is -0.289 e. The van der Waals surface area contributed by atoms with Gasteiger partial charge in [-0.3, -0.25) is 14.9 Å². The van der Waals surface area contributed by atoms with Crippen LogP contribution in [0.4, 0.5) is 5.69 Å². The van der Waals surface area contributed by atoms with Gasteiger partial charge in [-0.1, -0.05) is 60.7 Å². The van der Waals surface area contributed by atoms with Gasteiger partial charge in [0.15, 0.2) is 5.78 Å². The van der Waals surface area contributed by atoms with Crippen molar-refractivity contribution in [1.82, 2.24) is 0 Å². The molecule has 1 aliphatic rings. The molecule has 0 spiro atoms. The fourth-order valence-electron chi connectivity index (χ4n) is 3.36. The van der Waals surface area contributed by atoms with Crippen LogP contribution in [0, 0.1) is 17.0 Å². The SMILES string of the molecule is Cc1ccc(C=C2c3ccccc3C(=O)c3ccccc32)cc1[N+](=O)[O-]. The molecule has 0 heterocycles. The molecule has 3 aromatic carbocycles. The van der Waals surface area contributed by atoms with Crippen molar-refractivity contribution in [2.75, 3.05) is 0 Å². The average Bonchev–Trinajstić information content (AvgIpc) is 2.66. The summed E-state index contributed by atoms with van der Waals surface area (Å²) in [5, 5.41) is 11.2. The minimum absolute atomic E-state index is 0.00300. The molecule has 26 heavy (non-hydrogen) atoms. The van der Waals surface area contributed by atoms with Crippen LogP contribution in [0.2, 0.25) is 0 Å². The maximum atomic E-state index is 12.8. The quantitative estimate of drug-likeness (QED) is 0.379. The number of nitro benzene ring substituents is 1. The third kappa shape index (κ3) is 2.52. The van der Waals surface area contributed by atoms with Crippen LogP contribution in [0.25, 0.3) is 11.6 Å². The second-order valence-corrected chi connectivity index (χ2v) is 6.28. The summed E-state index contributed by atoms with van der Waals surface area (Å²) in [4.78, 5) is 23.7. The monoisotopic (exact) mass is 341 g/mol. The molecule has 0 N–H and O–H groups in total. The first-order chi connectivity index (χ1) is 12.6. The molecule has 0 bridgehead atoms. The van der Waals surface area contributed by atoms with Gasteiger partial charge in [0.25, 0.3) is 5.69 Å². The third-order valence-electron chi connectivity index (χ3n) is 4.66. The van der Waals surface area contributed by atoms with E-state index < -0.39 is 0 Å². The topological polar surface area (TPSA) is 60.2 Å². The van der Waals surface area contributed by atoms with Gasteiger partial charge in [-0.25, -0.2) is 0 Å². The molecule has 1 aliphatic carbocycles. The largest absolute Gasteiger partial charge is 0.289 e. The molecule has 126 valence electrons. The molecule has 0 aliphatic heterocycles. The number of nitro groups is 1. The molecule has 0 fully saturated rings. The van der Waals surface area contributed by atoms with Crippen molar-refractivity contribution in [3.63, 3.8) is 0 Å². The molecule has 0 aromatic heterocycles. The molecule has 4 nitrogen and oxygen atoms in total. The zero-order chi connectivity index (χ0) is 18.3. The van der Waals surface area contributed by atoms with Gasteiger partial charge < -0.3 is 0 Å². The predicted molar refractivity (Wildman–Crippen MR) is 101 cm³/mol. The number of hydrogen-bond acceptors (Lipinski definition) is 3. The van der Waals surface area contributed by atoms with E-state index in [1.165, 1.54) is 0 Å². The van der Waals surface area contributed by atoms with E-state index in [-0.39, 0.29) is 16.4 Å². The van der Waals surface area contributed by atoms with Crippen LogP contribution < -0.4 is 0 Å². The Bertz CT molecular complexity index is 1040. The zero-order valence-electron chi connectivity index (χ0n) is 14.1. The highest BCUT2D eigenvalue weighted by molar-refractivity contribution is 6.20. The van der Waals surface area contributed by atoms with E-state index in [4.69, 9.17) is 0 Å². The fraction of sp³-hybridized carbons (Fsp3) is 0.0455. The van der Waals surface area contributed by atoms with Crippen LogP contribution in [0.5, 0.6) is 0 Å². The van der Waals surface area contributed by atoms with E-state index in [0.717, 1.165) is 22.3 Å². The van der Waals surface area contributed by atoms with Crippen molar-refractivity contribution in [2.24, 2.45) is 0 Å². The number of fused-ring (bicyclic) bond motifs is 2. The van der Waals surface area contributed by atoms with Crippen molar-refractivity contribution >= 4 is 23.1 Å². The Morgan fingerprint density at radius 2 is 1.38 bits per heavy atom. The normalized spacial score (nSPS) is 12.3. The highest BCUT2D eigenvalue weighted by atomic mass is 16.6. The Morgan fingerprint density at radius 1 is 0.846 bits per heavy atom. The Morgan fingerprint density at radius 3 is 1.92 bits per heavy atom. The number of aryl methyl sites for hydroxylation is 1. The molecule has 0 saturated heterocycles. The highest BCUT2D eigenvalue weighted by Crippen LogP contribution is 2.37. The predicted octanol–water partition coefficient (Wildman–Crippen LogP) is 5.04. The summed E-state index contributed by atoms with van der Waals surface area (Å²) in [7, 11) is 0. The van der Waals surface area contributed by atoms with E-state index in [0.29, 0.717) is 16.7 Å². The number of ketones is 1. The first-order valence-electron chi connectivity index (χ1n) is 8.26. The van der Waals surface area contributed by atoms with Crippen LogP contribution in [-0.2, 0) is 0 Å². The fourth-order valence-corrected chi connectivity index (χ4v) is 3.36. The standard InChI is InChI=1S/C22H15NO3/c1-14-10-11-15(13-21(14)23(25)26)12-20-16-6-2-4-8-18(16)22(24)19-9-5-3-7-17(19)20/h2-13H,1H3. The average molecular weight is 341 g/mol. The van der Waals surface area contributed by atoms with E-state index >= 15 is 0 Å². The summed E-state index contributed by atoms with van der Waals surface area (Å²) in [6.45, 7) is 1.72. The molecule has 4 heteroatoms. The van der Waals surface area contributed by atoms with Gasteiger partial charge in [0, 0.05) is 22.8 Å². The van der Waals surface area contributed by atoms with Gasteiger partial charge in [0.1, 0.15) is 0 Å². The maximum Gasteiger partial charge on any atom is 0.272 e. The summed E-state index contributed by atoms with van der Waals surface area (Å²) < 4.78 is 0. The van der Waals surface area contributed by atoms with E-state index in [2.05, 4.69) is 0 Å². The van der Waals surface area contributed by atoms with Crippen LogP contribution >= 0.6 is 0 Å². The first kappa shape index (κ1) is 16.0. The molecule has 3 aromatic rings. The molecule has 0 unspecified atom stereocenters. The smallest absolute Gasteiger partial charge is 0.272 e. The summed E-state index contributed by atoms with van der Waals surface area (Å²) >= 11 is 0. The molecule has 0 amide bonds. The summed E-state index contributed by atoms with van der Waals surface area (Å²) in [5.41, 5.74) is 5.34. The van der Waals surface area contributed by atoms with Crippen LogP contribution in [-0.4, -0.2) is 10.7 Å². The lowest BCUT2D eigenvalue weighted by Crippen LogP contribution is -2.14. The van der Waals surface area contributed by atoms with E-state index in [1.54, 1.807) is 19.1 Å². The van der Waals surface area contributed by atoms with Crippen molar-refractivity contribution < 1.29 is 9.72 Å². The second kappa shape index (κ2) is 6.08. The van der Waals surface area contributed by atoms with Crippen molar-refractivity contribution in [1.29, 1.82) is 0 Å². The first-order valence-corrected chi connectivity index (χ1v) is 8.26. The molecule has 0 saturated carbocycles. The highest BCUT2D eigenvalue weighted by Gasteiger charge is 2.26. The second-order valence-electron chi connectivity index (χ2n) is 6.28. The van der Waals surface area contributed by atoms with Gasteiger partial charge in [-0.2, -0.15) is 0 Å². The third-order valence-corrected chi connectivity index (χ3v) is 4.66. The summed E-state index contributed by atoms with van der Waals surface area (Å²) in [6.07, 6.45) is 1.91. The number of nitrogens with zero attached hydrogens (tertiary/aromatic N) is 1. The van der Waals surface area contributed by atoms with Gasteiger partial charge in [0.05, 0.1) is 4.92 Å². The lowest BCUT2D eigenvalue weighted by atomic mass is 9.80. The molecule has 0 radical (unpaired) electrons. The molecular weight excluding hydrogens is 326 g/mol. The lowest BCUT2D eigenvalue weighted by molar-refractivity contribution is -0.385. The summed E-state index contributed by atoms with van der Waals surface area (Å²) in [6, 6.07) is 20.1. The zero-order valence-corrected chi connectivity index (χ0v) is 14.1. The van der Waals surface area contributed by atoms with Gasteiger partial charge in [-0.15, -0.1) is 0 Å². The van der Waals surface area contributed by atoms with Crippen molar-refractivity contribution in [3.8, 4) is 0 Å². The Hall–Kier alpha value is -3.53. The van der Waals surface area contributed by atoms with E-state index in [1.807, 2.05) is 60.7 Å². The maximum absolute atomic E-state index is 12.8. The van der Waals surface area contributed by atoms with Crippen molar-refractivity contribution in [2.45, 2.75) is 6.92 Å². The van der Waals surface area contributed by atoms with E-state index in [9.17, 15) is 14.9 Å². The van der Waals surface area contributed by atoms with Gasteiger partial charge in [0.2, 0.25) is 0 Å². The Kier molecular flexibility index (Phi) is 3.73. The number of hydrogen-bond donors (Lipinski definition) is 0. The number of benzene rings is 3. The van der Waals surface area contributed by atoms with Crippen LogP contribution in [0.1, 0.15) is 38.2 Å². The van der Waals surface area contributed by atoms with Crippen LogP contribution in [0.15, 0.2) is 66.7 Å². The molecule has 4 rings (SSSR count). The number of rotatable bonds is 2. The Balaban J connectivity index is 1.96.